The molecule has 2 rings (SSSR count). The summed E-state index contributed by atoms with van der Waals surface area (Å²) >= 11 is 0. The Hall–Kier alpha value is -3.04. The van der Waals surface area contributed by atoms with Crippen LogP contribution >= 0.6 is 0 Å². The van der Waals surface area contributed by atoms with E-state index in [9.17, 15) is 25.0 Å². The molecule has 0 amide bonds. The molecular formula is C8H3N3O7. The average molecular weight is 253 g/mol. The molecule has 0 fully saturated rings. The first-order chi connectivity index (χ1) is 8.41. The third kappa shape index (κ3) is 1.61. The summed E-state index contributed by atoms with van der Waals surface area (Å²) in [6.45, 7) is 0. The van der Waals surface area contributed by atoms with Gasteiger partial charge in [0.25, 0.3) is 0 Å². The Morgan fingerprint density at radius 1 is 1.22 bits per heavy atom. The first-order valence-electron chi connectivity index (χ1n) is 4.37. The Labute approximate surface area is 96.7 Å². The number of rotatable bonds is 3. The molecule has 0 unspecified atom stereocenters. The van der Waals surface area contributed by atoms with Crippen LogP contribution in [0.1, 0.15) is 10.5 Å². The van der Waals surface area contributed by atoms with Gasteiger partial charge in [-0.05, 0) is 0 Å². The van der Waals surface area contributed by atoms with Crippen LogP contribution in [-0.4, -0.2) is 26.1 Å². The topological polar surface area (TPSA) is 150 Å². The van der Waals surface area contributed by atoms with E-state index in [1.54, 1.807) is 0 Å². The smallest absolute Gasteiger partial charge is 0.358 e. The average Bonchev–Trinajstić information content (AvgIpc) is 2.69. The maximum Gasteiger partial charge on any atom is 0.358 e. The van der Waals surface area contributed by atoms with Crippen molar-refractivity contribution in [2.75, 3.05) is 0 Å². The van der Waals surface area contributed by atoms with Gasteiger partial charge in [0.2, 0.25) is 0 Å². The van der Waals surface area contributed by atoms with Crippen molar-refractivity contribution >= 4 is 28.3 Å². The van der Waals surface area contributed by atoms with Gasteiger partial charge >= 0.3 is 17.3 Å². The molecule has 1 aromatic carbocycles. The van der Waals surface area contributed by atoms with E-state index in [1.165, 1.54) is 0 Å². The molecule has 0 aliphatic heterocycles. The van der Waals surface area contributed by atoms with Crippen molar-refractivity contribution in [2.24, 2.45) is 0 Å². The zero-order valence-corrected chi connectivity index (χ0v) is 8.39. The summed E-state index contributed by atoms with van der Waals surface area (Å²) < 4.78 is 4.58. The molecule has 18 heavy (non-hydrogen) atoms. The monoisotopic (exact) mass is 253 g/mol. The molecule has 2 aromatic rings. The largest absolute Gasteiger partial charge is 0.476 e. The standard InChI is InChI=1S/C8H3N3O7/c12-8(13)7-3-1-4(10(14)15)5(11(16)17)2-6(3)18-9-7/h1-2H,(H,12,13). The van der Waals surface area contributed by atoms with Gasteiger partial charge in [0, 0.05) is 6.07 Å². The minimum absolute atomic E-state index is 0.167. The van der Waals surface area contributed by atoms with Crippen molar-refractivity contribution in [3.8, 4) is 0 Å². The highest BCUT2D eigenvalue weighted by Crippen LogP contribution is 2.33. The summed E-state index contributed by atoms with van der Waals surface area (Å²) in [7, 11) is 0. The van der Waals surface area contributed by atoms with Crippen LogP contribution in [0.25, 0.3) is 11.0 Å². The number of fused-ring (bicyclic) bond motifs is 1. The molecular weight excluding hydrogens is 250 g/mol. The van der Waals surface area contributed by atoms with E-state index in [4.69, 9.17) is 5.11 Å². The minimum atomic E-state index is -1.45. The number of hydrogen-bond acceptors (Lipinski definition) is 7. The fourth-order valence-electron chi connectivity index (χ4n) is 1.41. The molecule has 1 aromatic heterocycles. The predicted octanol–water partition coefficient (Wildman–Crippen LogP) is 1.34. The number of benzene rings is 1. The van der Waals surface area contributed by atoms with Gasteiger partial charge in [-0.2, -0.15) is 0 Å². The normalized spacial score (nSPS) is 10.4. The molecule has 0 atom stereocenters. The van der Waals surface area contributed by atoms with Crippen LogP contribution in [0.3, 0.4) is 0 Å². The second kappa shape index (κ2) is 3.76. The highest BCUT2D eigenvalue weighted by atomic mass is 16.6. The number of carbonyl (C=O) groups is 1. The molecule has 0 bridgehead atoms. The zero-order chi connectivity index (χ0) is 13.4. The zero-order valence-electron chi connectivity index (χ0n) is 8.39. The maximum atomic E-state index is 10.7. The summed E-state index contributed by atoms with van der Waals surface area (Å²) in [5.41, 5.74) is -2.36. The first-order valence-corrected chi connectivity index (χ1v) is 4.37. The lowest BCUT2D eigenvalue weighted by Crippen LogP contribution is -1.99. The molecule has 0 saturated heterocycles. The lowest BCUT2D eigenvalue weighted by Gasteiger charge is -1.94. The highest BCUT2D eigenvalue weighted by Gasteiger charge is 2.28. The minimum Gasteiger partial charge on any atom is -0.476 e. The number of aromatic nitrogens is 1. The Kier molecular flexibility index (Phi) is 2.39. The Bertz CT molecular complexity index is 689. The molecule has 0 aliphatic rings. The Morgan fingerprint density at radius 3 is 2.28 bits per heavy atom. The second-order valence-electron chi connectivity index (χ2n) is 3.19. The van der Waals surface area contributed by atoms with Crippen molar-refractivity contribution < 1.29 is 24.3 Å². The highest BCUT2D eigenvalue weighted by molar-refractivity contribution is 6.01. The lowest BCUT2D eigenvalue weighted by molar-refractivity contribution is -0.422. The fraction of sp³-hybridized carbons (Fsp3) is 0. The predicted molar refractivity (Wildman–Crippen MR) is 54.3 cm³/mol. The van der Waals surface area contributed by atoms with Crippen molar-refractivity contribution in [1.82, 2.24) is 5.16 Å². The summed E-state index contributed by atoms with van der Waals surface area (Å²) in [6, 6.07) is 1.53. The summed E-state index contributed by atoms with van der Waals surface area (Å²) in [4.78, 5) is 30.1. The summed E-state index contributed by atoms with van der Waals surface area (Å²) in [5, 5.41) is 33.1. The van der Waals surface area contributed by atoms with Crippen LogP contribution in [0, 0.1) is 20.2 Å². The molecule has 0 radical (unpaired) electrons. The van der Waals surface area contributed by atoms with Crippen molar-refractivity contribution in [3.63, 3.8) is 0 Å². The van der Waals surface area contributed by atoms with Crippen molar-refractivity contribution in [3.05, 3.63) is 38.1 Å². The fourth-order valence-corrected chi connectivity index (χ4v) is 1.41. The van der Waals surface area contributed by atoms with Gasteiger partial charge in [-0.1, -0.05) is 5.16 Å². The lowest BCUT2D eigenvalue weighted by atomic mass is 10.1. The number of nitro groups is 2. The van der Waals surface area contributed by atoms with Gasteiger partial charge in [-0.15, -0.1) is 0 Å². The third-order valence-electron chi connectivity index (χ3n) is 2.16. The number of hydrogen-bond donors (Lipinski definition) is 1. The number of carboxylic acid groups (broad SMARTS) is 1. The van der Waals surface area contributed by atoms with Crippen molar-refractivity contribution in [2.45, 2.75) is 0 Å². The van der Waals surface area contributed by atoms with Crippen LogP contribution in [0.15, 0.2) is 16.7 Å². The van der Waals surface area contributed by atoms with E-state index >= 15 is 0 Å². The Balaban J connectivity index is 2.83. The van der Waals surface area contributed by atoms with E-state index in [-0.39, 0.29) is 11.0 Å². The van der Waals surface area contributed by atoms with E-state index < -0.39 is 32.9 Å². The van der Waals surface area contributed by atoms with Gasteiger partial charge in [0.15, 0.2) is 11.3 Å². The summed E-state index contributed by atoms with van der Waals surface area (Å²) in [5.74, 6) is -1.45. The molecule has 0 spiro atoms. The van der Waals surface area contributed by atoms with Crippen LogP contribution in [0.2, 0.25) is 0 Å². The Morgan fingerprint density at radius 2 is 1.78 bits per heavy atom. The maximum absolute atomic E-state index is 10.7. The number of aromatic carboxylic acids is 1. The van der Waals surface area contributed by atoms with Gasteiger partial charge in [-0.25, -0.2) is 4.79 Å². The van der Waals surface area contributed by atoms with Crippen LogP contribution in [0.5, 0.6) is 0 Å². The van der Waals surface area contributed by atoms with E-state index in [0.29, 0.717) is 0 Å². The molecule has 1 heterocycles. The molecule has 92 valence electrons. The molecule has 0 aliphatic carbocycles. The van der Waals surface area contributed by atoms with E-state index in [0.717, 1.165) is 12.1 Å². The van der Waals surface area contributed by atoms with E-state index in [1.807, 2.05) is 0 Å². The number of carboxylic acids is 1. The van der Waals surface area contributed by atoms with Crippen molar-refractivity contribution in [1.29, 1.82) is 0 Å². The quantitative estimate of drug-likeness (QED) is 0.635. The number of nitro benzene ring substituents is 2. The molecule has 0 saturated carbocycles. The van der Waals surface area contributed by atoms with Gasteiger partial charge in [0.1, 0.15) is 0 Å². The SMILES string of the molecule is O=C(O)c1noc2cc([N+](=O)[O-])c([N+](=O)[O-])cc12. The summed E-state index contributed by atoms with van der Waals surface area (Å²) in [6.07, 6.45) is 0. The van der Waals surface area contributed by atoms with Gasteiger partial charge in [0.05, 0.1) is 21.3 Å². The molecule has 10 nitrogen and oxygen atoms in total. The molecule has 10 heteroatoms. The second-order valence-corrected chi connectivity index (χ2v) is 3.19. The van der Waals surface area contributed by atoms with Crippen LogP contribution in [-0.2, 0) is 0 Å². The van der Waals surface area contributed by atoms with E-state index in [2.05, 4.69) is 9.68 Å². The number of nitrogens with zero attached hydrogens (tertiary/aromatic N) is 3. The van der Waals surface area contributed by atoms with Crippen LogP contribution in [0.4, 0.5) is 11.4 Å². The molecule has 1 N–H and O–H groups in total. The first kappa shape index (κ1) is 11.4. The third-order valence-corrected chi connectivity index (χ3v) is 2.16. The van der Waals surface area contributed by atoms with Gasteiger partial charge in [-0.3, -0.25) is 20.2 Å². The van der Waals surface area contributed by atoms with Crippen LogP contribution < -0.4 is 0 Å². The van der Waals surface area contributed by atoms with Gasteiger partial charge < -0.3 is 9.63 Å².